The van der Waals surface area contributed by atoms with Crippen LogP contribution in [0.5, 0.6) is 0 Å². The molecule has 0 spiro atoms. The Balaban J connectivity index is 2.22. The fourth-order valence-corrected chi connectivity index (χ4v) is 2.11. The number of aliphatic hydroxyl groups excluding tert-OH is 1. The lowest BCUT2D eigenvalue weighted by molar-refractivity contribution is -0.145. The summed E-state index contributed by atoms with van der Waals surface area (Å²) < 4.78 is 4.93. The number of benzene rings is 1. The summed E-state index contributed by atoms with van der Waals surface area (Å²) in [6, 6.07) is 4.66. The van der Waals surface area contributed by atoms with Gasteiger partial charge >= 0.3 is 5.97 Å². The van der Waals surface area contributed by atoms with Gasteiger partial charge in [0.2, 0.25) is 0 Å². The normalized spacial score (nSPS) is 22.5. The van der Waals surface area contributed by atoms with Gasteiger partial charge in [0.15, 0.2) is 0 Å². The van der Waals surface area contributed by atoms with E-state index in [0.717, 1.165) is 5.56 Å². The molecule has 1 aliphatic heterocycles. The summed E-state index contributed by atoms with van der Waals surface area (Å²) in [5, 5.41) is 13.5. The van der Waals surface area contributed by atoms with E-state index in [4.69, 9.17) is 16.3 Å². The molecular formula is C12H14ClNO3. The Morgan fingerprint density at radius 1 is 1.65 bits per heavy atom. The average Bonchev–Trinajstić information content (AvgIpc) is 2.28. The molecule has 2 rings (SSSR count). The third kappa shape index (κ3) is 2.53. The van der Waals surface area contributed by atoms with Crippen LogP contribution in [0.4, 0.5) is 5.69 Å². The van der Waals surface area contributed by atoms with E-state index in [2.05, 4.69) is 5.32 Å². The number of fused-ring (bicyclic) bond motifs is 1. The molecule has 17 heavy (non-hydrogen) atoms. The van der Waals surface area contributed by atoms with Gasteiger partial charge in [-0.1, -0.05) is 17.7 Å². The Labute approximate surface area is 105 Å². The summed E-state index contributed by atoms with van der Waals surface area (Å²) in [6.45, 7) is 2.08. The SMILES string of the molecule is CCOC(=O)[C@H]1C[C@@H](O)c2ccc(Cl)cc2N1. The minimum absolute atomic E-state index is 0.313. The van der Waals surface area contributed by atoms with Crippen molar-refractivity contribution in [1.82, 2.24) is 0 Å². The average molecular weight is 256 g/mol. The van der Waals surface area contributed by atoms with Crippen LogP contribution in [0.2, 0.25) is 5.02 Å². The quantitative estimate of drug-likeness (QED) is 0.795. The van der Waals surface area contributed by atoms with Crippen molar-refractivity contribution in [3.05, 3.63) is 28.8 Å². The zero-order chi connectivity index (χ0) is 12.4. The van der Waals surface area contributed by atoms with E-state index >= 15 is 0 Å². The molecular weight excluding hydrogens is 242 g/mol. The van der Waals surface area contributed by atoms with E-state index in [-0.39, 0.29) is 5.97 Å². The van der Waals surface area contributed by atoms with Gasteiger partial charge in [-0.05, 0) is 19.1 Å². The summed E-state index contributed by atoms with van der Waals surface area (Å²) >= 11 is 5.88. The first-order valence-corrected chi connectivity index (χ1v) is 5.90. The van der Waals surface area contributed by atoms with Crippen molar-refractivity contribution < 1.29 is 14.6 Å². The van der Waals surface area contributed by atoms with Crippen LogP contribution in [0.1, 0.15) is 25.0 Å². The first kappa shape index (κ1) is 12.2. The monoisotopic (exact) mass is 255 g/mol. The van der Waals surface area contributed by atoms with Crippen molar-refractivity contribution in [2.24, 2.45) is 0 Å². The molecule has 0 unspecified atom stereocenters. The molecule has 1 aromatic carbocycles. The van der Waals surface area contributed by atoms with Crippen LogP contribution in [0.25, 0.3) is 0 Å². The third-order valence-electron chi connectivity index (χ3n) is 2.73. The zero-order valence-electron chi connectivity index (χ0n) is 9.44. The van der Waals surface area contributed by atoms with Gasteiger partial charge in [-0.15, -0.1) is 0 Å². The van der Waals surface area contributed by atoms with Gasteiger partial charge in [-0.3, -0.25) is 0 Å². The number of carbonyl (C=O) groups excluding carboxylic acids is 1. The van der Waals surface area contributed by atoms with Gasteiger partial charge in [0, 0.05) is 22.7 Å². The van der Waals surface area contributed by atoms with Gasteiger partial charge in [-0.25, -0.2) is 4.79 Å². The maximum atomic E-state index is 11.6. The van der Waals surface area contributed by atoms with Crippen molar-refractivity contribution in [3.63, 3.8) is 0 Å². The number of hydrogen-bond acceptors (Lipinski definition) is 4. The maximum Gasteiger partial charge on any atom is 0.328 e. The van der Waals surface area contributed by atoms with Crippen molar-refractivity contribution in [3.8, 4) is 0 Å². The van der Waals surface area contributed by atoms with Gasteiger partial charge in [0.05, 0.1) is 12.7 Å². The predicted octanol–water partition coefficient (Wildman–Crippen LogP) is 2.12. The summed E-state index contributed by atoms with van der Waals surface area (Å²) in [7, 11) is 0. The van der Waals surface area contributed by atoms with E-state index in [1.807, 2.05) is 0 Å². The molecule has 0 fully saturated rings. The lowest BCUT2D eigenvalue weighted by Gasteiger charge is -2.29. The number of rotatable bonds is 2. The Bertz CT molecular complexity index is 436. The van der Waals surface area contributed by atoms with Crippen LogP contribution >= 0.6 is 11.6 Å². The number of anilines is 1. The Morgan fingerprint density at radius 3 is 3.12 bits per heavy atom. The van der Waals surface area contributed by atoms with Gasteiger partial charge in [-0.2, -0.15) is 0 Å². The van der Waals surface area contributed by atoms with Crippen LogP contribution in [0.3, 0.4) is 0 Å². The zero-order valence-corrected chi connectivity index (χ0v) is 10.2. The second-order valence-electron chi connectivity index (χ2n) is 3.93. The first-order valence-electron chi connectivity index (χ1n) is 5.52. The molecule has 2 N–H and O–H groups in total. The molecule has 1 heterocycles. The highest BCUT2D eigenvalue weighted by molar-refractivity contribution is 6.30. The molecule has 1 aromatic rings. The number of aliphatic hydroxyl groups is 1. The topological polar surface area (TPSA) is 58.6 Å². The molecule has 92 valence electrons. The fraction of sp³-hybridized carbons (Fsp3) is 0.417. The molecule has 0 aromatic heterocycles. The maximum absolute atomic E-state index is 11.6. The second-order valence-corrected chi connectivity index (χ2v) is 4.37. The Morgan fingerprint density at radius 2 is 2.41 bits per heavy atom. The van der Waals surface area contributed by atoms with Crippen molar-refractivity contribution in [2.45, 2.75) is 25.5 Å². The van der Waals surface area contributed by atoms with E-state index in [9.17, 15) is 9.90 Å². The van der Waals surface area contributed by atoms with Crippen LogP contribution in [0, 0.1) is 0 Å². The molecule has 0 bridgehead atoms. The molecule has 5 heteroatoms. The Kier molecular flexibility index (Phi) is 3.54. The minimum Gasteiger partial charge on any atom is -0.464 e. The van der Waals surface area contributed by atoms with Crippen LogP contribution < -0.4 is 5.32 Å². The van der Waals surface area contributed by atoms with Crippen LogP contribution in [-0.4, -0.2) is 23.7 Å². The van der Waals surface area contributed by atoms with Gasteiger partial charge in [0.25, 0.3) is 0 Å². The van der Waals surface area contributed by atoms with E-state index in [1.165, 1.54) is 0 Å². The van der Waals surface area contributed by atoms with Crippen LogP contribution in [-0.2, 0) is 9.53 Å². The predicted molar refractivity (Wildman–Crippen MR) is 65.1 cm³/mol. The molecule has 1 aliphatic rings. The molecule has 0 saturated heterocycles. The summed E-state index contributed by atoms with van der Waals surface area (Å²) in [6.07, 6.45) is -0.356. The van der Waals surface area contributed by atoms with Crippen molar-refractivity contribution in [2.75, 3.05) is 11.9 Å². The smallest absolute Gasteiger partial charge is 0.328 e. The first-order chi connectivity index (χ1) is 8.11. The fourth-order valence-electron chi connectivity index (χ4n) is 1.94. The second kappa shape index (κ2) is 4.94. The number of halogens is 1. The lowest BCUT2D eigenvalue weighted by atomic mass is 9.95. The minimum atomic E-state index is -0.669. The largest absolute Gasteiger partial charge is 0.464 e. The Hall–Kier alpha value is -1.26. The molecule has 0 aliphatic carbocycles. The van der Waals surface area contributed by atoms with Gasteiger partial charge in [0.1, 0.15) is 6.04 Å². The lowest BCUT2D eigenvalue weighted by Crippen LogP contribution is -2.36. The van der Waals surface area contributed by atoms with E-state index in [1.54, 1.807) is 25.1 Å². The highest BCUT2D eigenvalue weighted by Gasteiger charge is 2.30. The van der Waals surface area contributed by atoms with Gasteiger partial charge < -0.3 is 15.2 Å². The molecule has 4 nitrogen and oxygen atoms in total. The molecule has 0 amide bonds. The van der Waals surface area contributed by atoms with Crippen LogP contribution in [0.15, 0.2) is 18.2 Å². The number of hydrogen-bond donors (Lipinski definition) is 2. The molecule has 0 radical (unpaired) electrons. The molecule has 0 saturated carbocycles. The highest BCUT2D eigenvalue weighted by Crippen LogP contribution is 2.34. The number of carbonyl (C=O) groups is 1. The van der Waals surface area contributed by atoms with Crippen molar-refractivity contribution >= 4 is 23.3 Å². The third-order valence-corrected chi connectivity index (χ3v) is 2.97. The molecule has 2 atom stereocenters. The number of nitrogens with one attached hydrogen (secondary N) is 1. The van der Waals surface area contributed by atoms with E-state index in [0.29, 0.717) is 23.7 Å². The number of esters is 1. The number of ether oxygens (including phenoxy) is 1. The highest BCUT2D eigenvalue weighted by atomic mass is 35.5. The summed E-state index contributed by atoms with van der Waals surface area (Å²) in [5.41, 5.74) is 1.45. The summed E-state index contributed by atoms with van der Waals surface area (Å²) in [5.74, 6) is -0.350. The van der Waals surface area contributed by atoms with Crippen molar-refractivity contribution in [1.29, 1.82) is 0 Å². The standard InChI is InChI=1S/C12H14ClNO3/c1-2-17-12(16)10-6-11(15)8-4-3-7(13)5-9(8)14-10/h3-5,10-11,14-15H,2,6H2,1H3/t10-,11-/m1/s1. The van der Waals surface area contributed by atoms with E-state index < -0.39 is 12.1 Å². The summed E-state index contributed by atoms with van der Waals surface area (Å²) in [4.78, 5) is 11.6.